The fourth-order valence-electron chi connectivity index (χ4n) is 2.34. The average molecular weight is 262 g/mol. The van der Waals surface area contributed by atoms with Crippen LogP contribution in [0.2, 0.25) is 0 Å². The topological polar surface area (TPSA) is 23.6 Å². The van der Waals surface area contributed by atoms with Crippen LogP contribution in [0.3, 0.4) is 0 Å². The van der Waals surface area contributed by atoms with E-state index in [0.29, 0.717) is 0 Å². The van der Waals surface area contributed by atoms with Crippen molar-refractivity contribution in [1.29, 1.82) is 0 Å². The molecule has 1 aromatic rings. The third-order valence-electron chi connectivity index (χ3n) is 3.50. The van der Waals surface area contributed by atoms with Crippen LogP contribution in [-0.4, -0.2) is 35.0 Å². The van der Waals surface area contributed by atoms with Crippen molar-refractivity contribution in [3.8, 4) is 0 Å². The largest absolute Gasteiger partial charge is 0.321 e. The van der Waals surface area contributed by atoms with Gasteiger partial charge in [-0.05, 0) is 40.2 Å². The minimum absolute atomic E-state index is 0.0775. The Kier molecular flexibility index (Phi) is 5.40. The van der Waals surface area contributed by atoms with Gasteiger partial charge >= 0.3 is 6.03 Å². The van der Waals surface area contributed by atoms with Crippen molar-refractivity contribution in [3.63, 3.8) is 0 Å². The number of amides is 2. The molecule has 0 aliphatic carbocycles. The Morgan fingerprint density at radius 2 is 1.42 bits per heavy atom. The summed E-state index contributed by atoms with van der Waals surface area (Å²) in [5, 5.41) is 0. The Labute approximate surface area is 117 Å². The first kappa shape index (κ1) is 15.5. The molecule has 0 N–H and O–H groups in total. The minimum atomic E-state index is 0.0775. The molecular weight excluding hydrogens is 236 g/mol. The number of hydrogen-bond donors (Lipinski definition) is 0. The van der Waals surface area contributed by atoms with Crippen LogP contribution in [0.15, 0.2) is 30.3 Å². The summed E-state index contributed by atoms with van der Waals surface area (Å²) in [7, 11) is 1.87. The van der Waals surface area contributed by atoms with E-state index in [1.807, 2.05) is 35.0 Å². The maximum atomic E-state index is 12.6. The predicted molar refractivity (Wildman–Crippen MR) is 80.1 cm³/mol. The average Bonchev–Trinajstić information content (AvgIpc) is 2.37. The first-order chi connectivity index (χ1) is 8.86. The van der Waals surface area contributed by atoms with Crippen molar-refractivity contribution in [2.75, 3.05) is 7.05 Å². The van der Waals surface area contributed by atoms with Crippen LogP contribution in [0.4, 0.5) is 4.79 Å². The van der Waals surface area contributed by atoms with Gasteiger partial charge in [-0.25, -0.2) is 4.79 Å². The molecule has 0 aromatic heterocycles. The minimum Gasteiger partial charge on any atom is -0.321 e. The van der Waals surface area contributed by atoms with Crippen LogP contribution in [0.1, 0.15) is 46.2 Å². The molecule has 1 rings (SSSR count). The van der Waals surface area contributed by atoms with Gasteiger partial charge in [0.15, 0.2) is 0 Å². The van der Waals surface area contributed by atoms with Gasteiger partial charge in [0.1, 0.15) is 0 Å². The number of benzene rings is 1. The monoisotopic (exact) mass is 262 g/mol. The molecule has 3 nitrogen and oxygen atoms in total. The van der Waals surface area contributed by atoms with Gasteiger partial charge in [0.05, 0.1) is 6.04 Å². The molecular formula is C16H26N2O. The van der Waals surface area contributed by atoms with E-state index in [-0.39, 0.29) is 24.2 Å². The van der Waals surface area contributed by atoms with E-state index in [2.05, 4.69) is 46.8 Å². The lowest BCUT2D eigenvalue weighted by Gasteiger charge is -2.37. The maximum Gasteiger partial charge on any atom is 0.320 e. The molecule has 0 aliphatic heterocycles. The first-order valence-electron chi connectivity index (χ1n) is 6.96. The lowest BCUT2D eigenvalue weighted by Crippen LogP contribution is -2.48. The fourth-order valence-corrected chi connectivity index (χ4v) is 2.34. The normalized spacial score (nSPS) is 12.6. The van der Waals surface area contributed by atoms with Gasteiger partial charge in [-0.3, -0.25) is 0 Å². The van der Waals surface area contributed by atoms with E-state index in [9.17, 15) is 4.79 Å². The number of carbonyl (C=O) groups excluding carboxylic acids is 1. The van der Waals surface area contributed by atoms with Crippen LogP contribution in [-0.2, 0) is 0 Å². The standard InChI is InChI=1S/C16H26N2O/c1-12(2)18(13(3)4)16(19)17(6)14(5)15-10-8-7-9-11-15/h7-14H,1-6H3. The van der Waals surface area contributed by atoms with E-state index >= 15 is 0 Å². The van der Waals surface area contributed by atoms with Crippen molar-refractivity contribution in [3.05, 3.63) is 35.9 Å². The van der Waals surface area contributed by atoms with Crippen molar-refractivity contribution in [2.24, 2.45) is 0 Å². The number of urea groups is 1. The predicted octanol–water partition coefficient (Wildman–Crippen LogP) is 3.92. The van der Waals surface area contributed by atoms with Gasteiger partial charge in [-0.1, -0.05) is 30.3 Å². The molecule has 0 radical (unpaired) electrons. The Bertz CT molecular complexity index is 392. The lowest BCUT2D eigenvalue weighted by molar-refractivity contribution is 0.122. The van der Waals surface area contributed by atoms with Crippen LogP contribution in [0, 0.1) is 0 Å². The molecule has 1 unspecified atom stereocenters. The summed E-state index contributed by atoms with van der Waals surface area (Å²) in [5.74, 6) is 0. The van der Waals surface area contributed by atoms with Crippen molar-refractivity contribution < 1.29 is 4.79 Å². The number of hydrogen-bond acceptors (Lipinski definition) is 1. The van der Waals surface area contributed by atoms with Gasteiger partial charge < -0.3 is 9.80 Å². The highest BCUT2D eigenvalue weighted by Gasteiger charge is 2.26. The summed E-state index contributed by atoms with van der Waals surface area (Å²) in [6.45, 7) is 10.3. The zero-order chi connectivity index (χ0) is 14.6. The molecule has 0 heterocycles. The molecule has 3 heteroatoms. The highest BCUT2D eigenvalue weighted by Crippen LogP contribution is 2.21. The number of nitrogens with zero attached hydrogens (tertiary/aromatic N) is 2. The summed E-state index contributed by atoms with van der Waals surface area (Å²) in [5.41, 5.74) is 1.16. The van der Waals surface area contributed by atoms with Crippen LogP contribution in [0.5, 0.6) is 0 Å². The second kappa shape index (κ2) is 6.60. The van der Waals surface area contributed by atoms with Gasteiger partial charge in [-0.15, -0.1) is 0 Å². The van der Waals surface area contributed by atoms with E-state index in [1.165, 1.54) is 0 Å². The summed E-state index contributed by atoms with van der Waals surface area (Å²) < 4.78 is 0. The van der Waals surface area contributed by atoms with Crippen LogP contribution >= 0.6 is 0 Å². The molecule has 1 atom stereocenters. The Balaban J connectivity index is 2.87. The lowest BCUT2D eigenvalue weighted by atomic mass is 10.1. The SMILES string of the molecule is CC(c1ccccc1)N(C)C(=O)N(C(C)C)C(C)C. The van der Waals surface area contributed by atoms with Crippen molar-refractivity contribution in [2.45, 2.75) is 52.7 Å². The highest BCUT2D eigenvalue weighted by atomic mass is 16.2. The summed E-state index contributed by atoms with van der Waals surface area (Å²) in [6.07, 6.45) is 0. The number of carbonyl (C=O) groups is 1. The smallest absolute Gasteiger partial charge is 0.320 e. The first-order valence-corrected chi connectivity index (χ1v) is 6.96. The van der Waals surface area contributed by atoms with E-state index in [1.54, 1.807) is 0 Å². The highest BCUT2D eigenvalue weighted by molar-refractivity contribution is 5.75. The summed E-state index contributed by atoms with van der Waals surface area (Å²) in [6, 6.07) is 10.7. The van der Waals surface area contributed by atoms with Gasteiger partial charge in [0.25, 0.3) is 0 Å². The van der Waals surface area contributed by atoms with E-state index in [4.69, 9.17) is 0 Å². The Hall–Kier alpha value is -1.51. The molecule has 0 saturated carbocycles. The summed E-state index contributed by atoms with van der Waals surface area (Å²) >= 11 is 0. The Morgan fingerprint density at radius 3 is 1.84 bits per heavy atom. The molecule has 0 fully saturated rings. The molecule has 0 spiro atoms. The molecule has 19 heavy (non-hydrogen) atoms. The van der Waals surface area contributed by atoms with Gasteiger partial charge in [0, 0.05) is 19.1 Å². The van der Waals surface area contributed by atoms with Crippen molar-refractivity contribution >= 4 is 6.03 Å². The molecule has 0 aliphatic rings. The third-order valence-corrected chi connectivity index (χ3v) is 3.50. The van der Waals surface area contributed by atoms with Gasteiger partial charge in [0.2, 0.25) is 0 Å². The molecule has 2 amide bonds. The van der Waals surface area contributed by atoms with E-state index in [0.717, 1.165) is 5.56 Å². The molecule has 1 aromatic carbocycles. The second-order valence-electron chi connectivity index (χ2n) is 5.57. The maximum absolute atomic E-state index is 12.6. The Morgan fingerprint density at radius 1 is 0.947 bits per heavy atom. The van der Waals surface area contributed by atoms with Gasteiger partial charge in [-0.2, -0.15) is 0 Å². The fraction of sp³-hybridized carbons (Fsp3) is 0.562. The molecule has 0 saturated heterocycles. The van der Waals surface area contributed by atoms with E-state index < -0.39 is 0 Å². The number of rotatable bonds is 4. The molecule has 106 valence electrons. The third kappa shape index (κ3) is 3.72. The zero-order valence-corrected chi connectivity index (χ0v) is 12.9. The van der Waals surface area contributed by atoms with Crippen LogP contribution in [0.25, 0.3) is 0 Å². The van der Waals surface area contributed by atoms with Crippen molar-refractivity contribution in [1.82, 2.24) is 9.80 Å². The molecule has 0 bridgehead atoms. The zero-order valence-electron chi connectivity index (χ0n) is 12.9. The summed E-state index contributed by atoms with van der Waals surface area (Å²) in [4.78, 5) is 16.3. The second-order valence-corrected chi connectivity index (χ2v) is 5.57. The van der Waals surface area contributed by atoms with Crippen LogP contribution < -0.4 is 0 Å². The quantitative estimate of drug-likeness (QED) is 0.806.